The van der Waals surface area contributed by atoms with Gasteiger partial charge in [-0.1, -0.05) is 33.6 Å². The van der Waals surface area contributed by atoms with Crippen molar-refractivity contribution in [1.29, 1.82) is 0 Å². The van der Waals surface area contributed by atoms with E-state index >= 15 is 0 Å². The summed E-state index contributed by atoms with van der Waals surface area (Å²) in [5.74, 6) is 0.314. The number of aromatic nitrogens is 2. The van der Waals surface area contributed by atoms with E-state index in [9.17, 15) is 4.79 Å². The molecule has 23 heavy (non-hydrogen) atoms. The van der Waals surface area contributed by atoms with Crippen molar-refractivity contribution in [1.82, 2.24) is 14.7 Å². The van der Waals surface area contributed by atoms with E-state index in [1.165, 1.54) is 24.1 Å². The van der Waals surface area contributed by atoms with Crippen LogP contribution in [0.15, 0.2) is 0 Å². The second kappa shape index (κ2) is 7.06. The summed E-state index contributed by atoms with van der Waals surface area (Å²) in [6, 6.07) is 0.369. The topological polar surface area (TPSA) is 38.1 Å². The Morgan fingerprint density at radius 2 is 1.91 bits per heavy atom. The minimum atomic E-state index is 0.153. The van der Waals surface area contributed by atoms with Gasteiger partial charge in [-0.25, -0.2) is 0 Å². The summed E-state index contributed by atoms with van der Waals surface area (Å²) in [6.07, 6.45) is 6.17. The molecule has 0 aliphatic carbocycles. The zero-order valence-corrected chi connectivity index (χ0v) is 15.8. The summed E-state index contributed by atoms with van der Waals surface area (Å²) >= 11 is 0. The van der Waals surface area contributed by atoms with Crippen molar-refractivity contribution >= 4 is 5.91 Å². The Kier molecular flexibility index (Phi) is 5.53. The van der Waals surface area contributed by atoms with Gasteiger partial charge in [0, 0.05) is 31.7 Å². The van der Waals surface area contributed by atoms with Gasteiger partial charge in [-0.15, -0.1) is 0 Å². The molecule has 1 aliphatic rings. The molecule has 4 nitrogen and oxygen atoms in total. The van der Waals surface area contributed by atoms with E-state index in [0.717, 1.165) is 31.5 Å². The van der Waals surface area contributed by atoms with Gasteiger partial charge in [0.1, 0.15) is 0 Å². The molecule has 4 heteroatoms. The molecule has 0 N–H and O–H groups in total. The monoisotopic (exact) mass is 319 g/mol. The predicted molar refractivity (Wildman–Crippen MR) is 94.4 cm³/mol. The number of hydrogen-bond donors (Lipinski definition) is 0. The zero-order valence-electron chi connectivity index (χ0n) is 15.8. The molecule has 1 aromatic rings. The first-order valence-corrected chi connectivity index (χ1v) is 9.00. The predicted octanol–water partition coefficient (Wildman–Crippen LogP) is 3.79. The van der Waals surface area contributed by atoms with Crippen molar-refractivity contribution in [3.05, 3.63) is 17.0 Å². The average molecular weight is 319 g/mol. The Morgan fingerprint density at radius 1 is 1.22 bits per heavy atom. The molecule has 1 aromatic heterocycles. The first-order chi connectivity index (χ1) is 10.7. The smallest absolute Gasteiger partial charge is 0.223 e. The van der Waals surface area contributed by atoms with Crippen LogP contribution in [0.2, 0.25) is 0 Å². The molecule has 0 saturated carbocycles. The largest absolute Gasteiger partial charge is 0.339 e. The Labute approximate surface area is 141 Å². The highest BCUT2D eigenvalue weighted by molar-refractivity contribution is 5.77. The number of nitrogens with zero attached hydrogens (tertiary/aromatic N) is 3. The quantitative estimate of drug-likeness (QED) is 0.850. The van der Waals surface area contributed by atoms with Gasteiger partial charge in [0.25, 0.3) is 0 Å². The maximum absolute atomic E-state index is 12.9. The summed E-state index contributed by atoms with van der Waals surface area (Å²) in [7, 11) is 1.97. The van der Waals surface area contributed by atoms with Gasteiger partial charge in [-0.2, -0.15) is 5.10 Å². The third-order valence-electron chi connectivity index (χ3n) is 5.32. The Morgan fingerprint density at radius 3 is 2.48 bits per heavy atom. The number of hydrogen-bond acceptors (Lipinski definition) is 2. The van der Waals surface area contributed by atoms with E-state index in [4.69, 9.17) is 0 Å². The van der Waals surface area contributed by atoms with E-state index in [0.29, 0.717) is 18.4 Å². The van der Waals surface area contributed by atoms with Crippen LogP contribution in [0.3, 0.4) is 0 Å². The number of aryl methyl sites for hydroxylation is 2. The molecule has 0 radical (unpaired) electrons. The Bertz CT molecular complexity index is 554. The van der Waals surface area contributed by atoms with Gasteiger partial charge >= 0.3 is 0 Å². The van der Waals surface area contributed by atoms with Crippen molar-refractivity contribution < 1.29 is 4.79 Å². The first kappa shape index (κ1) is 18.0. The lowest BCUT2D eigenvalue weighted by Gasteiger charge is -2.39. The maximum atomic E-state index is 12.9. The number of likely N-dealkylation sites (tertiary alicyclic amines) is 1. The summed E-state index contributed by atoms with van der Waals surface area (Å²) in [6.45, 7) is 11.8. The highest BCUT2D eigenvalue weighted by atomic mass is 16.2. The third-order valence-corrected chi connectivity index (χ3v) is 5.32. The van der Waals surface area contributed by atoms with Gasteiger partial charge in [0.2, 0.25) is 5.91 Å². The van der Waals surface area contributed by atoms with Crippen LogP contribution in [-0.2, 0) is 18.3 Å². The van der Waals surface area contributed by atoms with Crippen molar-refractivity contribution in [3.8, 4) is 0 Å². The summed E-state index contributed by atoms with van der Waals surface area (Å²) < 4.78 is 1.92. The third kappa shape index (κ3) is 4.15. The lowest BCUT2D eigenvalue weighted by atomic mass is 9.83. The van der Waals surface area contributed by atoms with Crippen LogP contribution in [-0.4, -0.2) is 33.2 Å². The van der Waals surface area contributed by atoms with Crippen LogP contribution >= 0.6 is 0 Å². The number of carbonyl (C=O) groups excluding carboxylic acids is 1. The van der Waals surface area contributed by atoms with Crippen LogP contribution < -0.4 is 0 Å². The van der Waals surface area contributed by atoms with Crippen LogP contribution in [0.1, 0.15) is 69.8 Å². The molecular formula is C19H33N3O. The molecule has 1 aliphatic heterocycles. The Balaban J connectivity index is 2.08. The van der Waals surface area contributed by atoms with E-state index in [1.807, 2.05) is 18.7 Å². The van der Waals surface area contributed by atoms with Gasteiger partial charge in [-0.05, 0) is 44.1 Å². The second-order valence-electron chi connectivity index (χ2n) is 8.09. The normalized spacial score (nSPS) is 19.7. The molecular weight excluding hydrogens is 286 g/mol. The highest BCUT2D eigenvalue weighted by Crippen LogP contribution is 2.32. The van der Waals surface area contributed by atoms with Gasteiger partial charge in [0.15, 0.2) is 0 Å². The summed E-state index contributed by atoms with van der Waals surface area (Å²) in [5.41, 5.74) is 3.63. The molecule has 1 atom stereocenters. The fourth-order valence-electron chi connectivity index (χ4n) is 3.86. The summed E-state index contributed by atoms with van der Waals surface area (Å²) in [4.78, 5) is 15.1. The number of rotatable bonds is 3. The van der Waals surface area contributed by atoms with Gasteiger partial charge in [-0.3, -0.25) is 9.48 Å². The van der Waals surface area contributed by atoms with E-state index < -0.39 is 0 Å². The lowest BCUT2D eigenvalue weighted by Crippen LogP contribution is -2.47. The fraction of sp³-hybridized carbons (Fsp3) is 0.789. The van der Waals surface area contributed by atoms with E-state index in [2.05, 4.69) is 37.7 Å². The molecule has 1 unspecified atom stereocenters. The molecule has 2 heterocycles. The Hall–Kier alpha value is -1.32. The molecule has 0 spiro atoms. The summed E-state index contributed by atoms with van der Waals surface area (Å²) in [5, 5.41) is 4.46. The molecule has 2 rings (SSSR count). The fourth-order valence-corrected chi connectivity index (χ4v) is 3.86. The van der Waals surface area contributed by atoms with E-state index in [-0.39, 0.29) is 5.41 Å². The minimum absolute atomic E-state index is 0.153. The standard InChI is InChI=1S/C19H33N3O/c1-14-16(15(2)21(6)20-14)11-12-18(23)22-13-9-7-8-10-17(22)19(3,4)5/h17H,7-13H2,1-6H3. The molecule has 0 aromatic carbocycles. The van der Waals surface area contributed by atoms with Crippen LogP contribution in [0.4, 0.5) is 0 Å². The second-order valence-corrected chi connectivity index (χ2v) is 8.09. The highest BCUT2D eigenvalue weighted by Gasteiger charge is 2.33. The minimum Gasteiger partial charge on any atom is -0.339 e. The number of amides is 1. The van der Waals surface area contributed by atoms with Crippen LogP contribution in [0.5, 0.6) is 0 Å². The molecule has 130 valence electrons. The van der Waals surface area contributed by atoms with Crippen LogP contribution in [0.25, 0.3) is 0 Å². The SMILES string of the molecule is Cc1nn(C)c(C)c1CCC(=O)N1CCCCCC1C(C)(C)C. The van der Waals surface area contributed by atoms with Gasteiger partial charge in [0.05, 0.1) is 5.69 Å². The number of carbonyl (C=O) groups is 1. The lowest BCUT2D eigenvalue weighted by molar-refractivity contribution is -0.135. The van der Waals surface area contributed by atoms with Crippen LogP contribution in [0, 0.1) is 19.3 Å². The van der Waals surface area contributed by atoms with Crippen molar-refractivity contribution in [3.63, 3.8) is 0 Å². The molecule has 1 fully saturated rings. The maximum Gasteiger partial charge on any atom is 0.223 e. The van der Waals surface area contributed by atoms with E-state index in [1.54, 1.807) is 0 Å². The average Bonchev–Trinajstić information content (AvgIpc) is 2.67. The molecule has 1 amide bonds. The van der Waals surface area contributed by atoms with Crippen molar-refractivity contribution in [2.45, 2.75) is 79.2 Å². The molecule has 0 bridgehead atoms. The molecule has 1 saturated heterocycles. The first-order valence-electron chi connectivity index (χ1n) is 9.00. The van der Waals surface area contributed by atoms with Crippen molar-refractivity contribution in [2.24, 2.45) is 12.5 Å². The zero-order chi connectivity index (χ0) is 17.2. The van der Waals surface area contributed by atoms with Crippen molar-refractivity contribution in [2.75, 3.05) is 6.54 Å². The van der Waals surface area contributed by atoms with Gasteiger partial charge < -0.3 is 4.90 Å².